The molecule has 0 spiro atoms. The van der Waals surface area contributed by atoms with E-state index in [1.54, 1.807) is 7.11 Å². The Morgan fingerprint density at radius 2 is 2.00 bits per heavy atom. The predicted molar refractivity (Wildman–Crippen MR) is 94.6 cm³/mol. The number of rotatable bonds is 5. The third kappa shape index (κ3) is 3.79. The van der Waals surface area contributed by atoms with Crippen LogP contribution in [0.3, 0.4) is 0 Å². The summed E-state index contributed by atoms with van der Waals surface area (Å²) in [5.41, 5.74) is 2.41. The zero-order chi connectivity index (χ0) is 17.8. The summed E-state index contributed by atoms with van der Waals surface area (Å²) in [6, 6.07) is 11.3. The molecule has 1 aliphatic rings. The lowest BCUT2D eigenvalue weighted by Crippen LogP contribution is -2.34. The van der Waals surface area contributed by atoms with E-state index in [-0.39, 0.29) is 17.5 Å². The third-order valence-corrected chi connectivity index (χ3v) is 4.57. The van der Waals surface area contributed by atoms with Crippen LogP contribution in [-0.4, -0.2) is 40.8 Å². The molecule has 1 aromatic heterocycles. The Bertz CT molecular complexity index is 798. The predicted octanol–water partition coefficient (Wildman–Crippen LogP) is 2.18. The zero-order valence-electron chi connectivity index (χ0n) is 14.6. The van der Waals surface area contributed by atoms with Gasteiger partial charge in [-0.25, -0.2) is 4.68 Å². The van der Waals surface area contributed by atoms with Gasteiger partial charge >= 0.3 is 0 Å². The van der Waals surface area contributed by atoms with E-state index < -0.39 is 0 Å². The van der Waals surface area contributed by atoms with Crippen LogP contribution in [0.5, 0.6) is 0 Å². The molecule has 1 aromatic carbocycles. The Labute approximate surface area is 147 Å². The summed E-state index contributed by atoms with van der Waals surface area (Å²) in [5, 5.41) is 4.23. The summed E-state index contributed by atoms with van der Waals surface area (Å²) < 4.78 is 6.28. The lowest BCUT2D eigenvalue weighted by Gasteiger charge is -2.25. The monoisotopic (exact) mass is 341 g/mol. The van der Waals surface area contributed by atoms with Gasteiger partial charge in [-0.2, -0.15) is 5.10 Å². The quantitative estimate of drug-likeness (QED) is 0.836. The minimum Gasteiger partial charge on any atom is -0.383 e. The van der Waals surface area contributed by atoms with E-state index in [2.05, 4.69) is 36.3 Å². The Morgan fingerprint density at radius 1 is 1.24 bits per heavy atom. The van der Waals surface area contributed by atoms with Gasteiger partial charge in [-0.3, -0.25) is 9.59 Å². The molecule has 0 bridgehead atoms. The van der Waals surface area contributed by atoms with Gasteiger partial charge in [0.15, 0.2) is 0 Å². The number of methoxy groups -OCH3 is 1. The lowest BCUT2D eigenvalue weighted by molar-refractivity contribution is 0.0725. The summed E-state index contributed by atoms with van der Waals surface area (Å²) in [5.74, 6) is -0.130. The normalized spacial score (nSPS) is 17.0. The van der Waals surface area contributed by atoms with Crippen LogP contribution >= 0.6 is 0 Å². The van der Waals surface area contributed by atoms with E-state index in [0.29, 0.717) is 25.4 Å². The highest BCUT2D eigenvalue weighted by Gasteiger charge is 2.31. The van der Waals surface area contributed by atoms with Crippen LogP contribution in [0.2, 0.25) is 0 Å². The van der Waals surface area contributed by atoms with Crippen LogP contribution in [0.15, 0.2) is 41.2 Å². The van der Waals surface area contributed by atoms with Gasteiger partial charge in [0.1, 0.15) is 5.69 Å². The van der Waals surface area contributed by atoms with Crippen molar-refractivity contribution in [2.45, 2.75) is 32.4 Å². The van der Waals surface area contributed by atoms with E-state index >= 15 is 0 Å². The molecule has 3 rings (SSSR count). The highest BCUT2D eigenvalue weighted by Crippen LogP contribution is 2.32. The fourth-order valence-electron chi connectivity index (χ4n) is 3.19. The topological polar surface area (TPSA) is 64.4 Å². The Balaban J connectivity index is 1.84. The molecule has 0 radical (unpaired) electrons. The zero-order valence-corrected chi connectivity index (χ0v) is 14.6. The van der Waals surface area contributed by atoms with E-state index in [0.717, 1.165) is 18.4 Å². The third-order valence-electron chi connectivity index (χ3n) is 4.57. The SMILES string of the molecule is COCCn1nc(C(=O)N2CCCC2c2ccc(C)cc2)ccc1=O. The second-order valence-electron chi connectivity index (χ2n) is 6.34. The van der Waals surface area contributed by atoms with Gasteiger partial charge in [-0.05, 0) is 31.4 Å². The van der Waals surface area contributed by atoms with Crippen LogP contribution in [0.25, 0.3) is 0 Å². The maximum atomic E-state index is 13.0. The van der Waals surface area contributed by atoms with Gasteiger partial charge < -0.3 is 9.64 Å². The first-order valence-electron chi connectivity index (χ1n) is 8.55. The number of hydrogen-bond donors (Lipinski definition) is 0. The van der Waals surface area contributed by atoms with E-state index in [9.17, 15) is 9.59 Å². The molecule has 1 fully saturated rings. The second kappa shape index (κ2) is 7.61. The van der Waals surface area contributed by atoms with Crippen LogP contribution in [0.1, 0.15) is 40.5 Å². The summed E-state index contributed by atoms with van der Waals surface area (Å²) in [6.07, 6.45) is 1.91. The van der Waals surface area contributed by atoms with Crippen molar-refractivity contribution in [3.63, 3.8) is 0 Å². The fourth-order valence-corrected chi connectivity index (χ4v) is 3.19. The van der Waals surface area contributed by atoms with E-state index in [1.165, 1.54) is 22.4 Å². The molecule has 1 amide bonds. The average Bonchev–Trinajstić information content (AvgIpc) is 3.11. The Kier molecular flexibility index (Phi) is 5.28. The van der Waals surface area contributed by atoms with Gasteiger partial charge in [-0.15, -0.1) is 0 Å². The van der Waals surface area contributed by atoms with Crippen LogP contribution in [-0.2, 0) is 11.3 Å². The largest absolute Gasteiger partial charge is 0.383 e. The number of ether oxygens (including phenoxy) is 1. The first-order valence-corrected chi connectivity index (χ1v) is 8.55. The van der Waals surface area contributed by atoms with Crippen molar-refractivity contribution < 1.29 is 9.53 Å². The molecule has 132 valence electrons. The second-order valence-corrected chi connectivity index (χ2v) is 6.34. The number of carbonyl (C=O) groups excluding carboxylic acids is 1. The number of nitrogens with zero attached hydrogens (tertiary/aromatic N) is 3. The number of aryl methyl sites for hydroxylation is 1. The molecular weight excluding hydrogens is 318 g/mol. The van der Waals surface area contributed by atoms with E-state index in [4.69, 9.17) is 4.74 Å². The standard InChI is InChI=1S/C19H23N3O3/c1-14-5-7-15(8-6-14)17-4-3-11-21(17)19(24)16-9-10-18(23)22(20-16)12-13-25-2/h5-10,17H,3-4,11-13H2,1-2H3. The molecular formula is C19H23N3O3. The fraction of sp³-hybridized carbons (Fsp3) is 0.421. The van der Waals surface area contributed by atoms with Crippen molar-refractivity contribution in [2.24, 2.45) is 0 Å². The van der Waals surface area contributed by atoms with Crippen LogP contribution < -0.4 is 5.56 Å². The van der Waals surface area contributed by atoms with Gasteiger partial charge in [0.05, 0.1) is 19.2 Å². The maximum absolute atomic E-state index is 13.0. The van der Waals surface area contributed by atoms with Crippen LogP contribution in [0.4, 0.5) is 0 Å². The molecule has 1 unspecified atom stereocenters. The Morgan fingerprint density at radius 3 is 2.72 bits per heavy atom. The molecule has 1 atom stereocenters. The molecule has 2 heterocycles. The van der Waals surface area contributed by atoms with Crippen LogP contribution in [0, 0.1) is 6.92 Å². The lowest BCUT2D eigenvalue weighted by atomic mass is 10.0. The average molecular weight is 341 g/mol. The van der Waals surface area contributed by atoms with Gasteiger partial charge in [0, 0.05) is 19.7 Å². The molecule has 6 heteroatoms. The molecule has 0 aliphatic carbocycles. The summed E-state index contributed by atoms with van der Waals surface area (Å²) in [7, 11) is 1.57. The highest BCUT2D eigenvalue weighted by molar-refractivity contribution is 5.92. The molecule has 2 aromatic rings. The molecule has 25 heavy (non-hydrogen) atoms. The van der Waals surface area contributed by atoms with Crippen molar-refractivity contribution >= 4 is 5.91 Å². The summed E-state index contributed by atoms with van der Waals surface area (Å²) >= 11 is 0. The van der Waals surface area contributed by atoms with Gasteiger partial charge in [0.25, 0.3) is 11.5 Å². The minimum atomic E-state index is -0.231. The summed E-state index contributed by atoms with van der Waals surface area (Å²) in [4.78, 5) is 26.7. The number of benzene rings is 1. The number of hydrogen-bond acceptors (Lipinski definition) is 4. The summed E-state index contributed by atoms with van der Waals surface area (Å²) in [6.45, 7) is 3.46. The first kappa shape index (κ1) is 17.4. The van der Waals surface area contributed by atoms with Crippen molar-refractivity contribution in [1.82, 2.24) is 14.7 Å². The van der Waals surface area contributed by atoms with Crippen molar-refractivity contribution in [2.75, 3.05) is 20.3 Å². The molecule has 0 saturated carbocycles. The van der Waals surface area contributed by atoms with Gasteiger partial charge in [-0.1, -0.05) is 29.8 Å². The Hall–Kier alpha value is -2.47. The number of amides is 1. The van der Waals surface area contributed by atoms with Crippen molar-refractivity contribution in [1.29, 1.82) is 0 Å². The highest BCUT2D eigenvalue weighted by atomic mass is 16.5. The maximum Gasteiger partial charge on any atom is 0.274 e. The first-order chi connectivity index (χ1) is 12.1. The number of aromatic nitrogens is 2. The van der Waals surface area contributed by atoms with Gasteiger partial charge in [0.2, 0.25) is 0 Å². The van der Waals surface area contributed by atoms with Crippen molar-refractivity contribution in [3.8, 4) is 0 Å². The van der Waals surface area contributed by atoms with E-state index in [1.807, 2.05) is 4.90 Å². The minimum absolute atomic E-state index is 0.0641. The van der Waals surface area contributed by atoms with Crippen molar-refractivity contribution in [3.05, 3.63) is 63.6 Å². The molecule has 1 aliphatic heterocycles. The number of likely N-dealkylation sites (tertiary alicyclic amines) is 1. The molecule has 1 saturated heterocycles. The molecule has 6 nitrogen and oxygen atoms in total. The number of carbonyl (C=O) groups is 1. The smallest absolute Gasteiger partial charge is 0.274 e. The molecule has 0 N–H and O–H groups in total.